The number of carbonyl (C=O) groups excluding carboxylic acids is 2. The first-order valence-electron chi connectivity index (χ1n) is 10.8. The Morgan fingerprint density at radius 2 is 1.61 bits per heavy atom. The van der Waals surface area contributed by atoms with Crippen LogP contribution in [0.25, 0.3) is 0 Å². The predicted molar refractivity (Wildman–Crippen MR) is 135 cm³/mol. The monoisotopic (exact) mass is 481 g/mol. The van der Waals surface area contributed by atoms with Crippen molar-refractivity contribution in [1.82, 2.24) is 4.90 Å². The summed E-state index contributed by atoms with van der Waals surface area (Å²) in [6.07, 6.45) is 0.257. The smallest absolute Gasteiger partial charge is 0.254 e. The largest absolute Gasteiger partial charge is 0.367 e. The molecule has 0 aliphatic carbocycles. The fourth-order valence-electron chi connectivity index (χ4n) is 3.97. The maximum Gasteiger partial charge on any atom is 0.254 e. The molecule has 0 radical (unpaired) electrons. The number of halogens is 2. The van der Waals surface area contributed by atoms with E-state index in [0.29, 0.717) is 41.9 Å². The third kappa shape index (κ3) is 5.67. The first-order valence-corrected chi connectivity index (χ1v) is 11.6. The summed E-state index contributed by atoms with van der Waals surface area (Å²) in [6, 6.07) is 20.4. The van der Waals surface area contributed by atoms with Crippen molar-refractivity contribution >= 4 is 46.4 Å². The molecule has 7 heteroatoms. The summed E-state index contributed by atoms with van der Waals surface area (Å²) in [4.78, 5) is 29.3. The molecular formula is C26H25Cl2N3O2. The molecule has 33 heavy (non-hydrogen) atoms. The van der Waals surface area contributed by atoms with Crippen LogP contribution in [0.2, 0.25) is 10.0 Å². The van der Waals surface area contributed by atoms with E-state index in [-0.39, 0.29) is 18.2 Å². The molecule has 0 spiro atoms. The highest BCUT2D eigenvalue weighted by atomic mass is 35.5. The van der Waals surface area contributed by atoms with Gasteiger partial charge in [0.05, 0.1) is 17.1 Å². The van der Waals surface area contributed by atoms with Crippen molar-refractivity contribution in [2.24, 2.45) is 0 Å². The van der Waals surface area contributed by atoms with Crippen molar-refractivity contribution in [3.8, 4) is 0 Å². The molecule has 3 aromatic rings. The number of benzene rings is 3. The van der Waals surface area contributed by atoms with Crippen LogP contribution in [-0.2, 0) is 11.2 Å². The van der Waals surface area contributed by atoms with E-state index in [1.54, 1.807) is 18.2 Å². The number of piperazine rings is 1. The lowest BCUT2D eigenvalue weighted by Gasteiger charge is -2.36. The van der Waals surface area contributed by atoms with Crippen molar-refractivity contribution in [3.05, 3.63) is 93.5 Å². The second-order valence-electron chi connectivity index (χ2n) is 8.11. The van der Waals surface area contributed by atoms with Gasteiger partial charge in [-0.1, -0.05) is 53.5 Å². The summed E-state index contributed by atoms with van der Waals surface area (Å²) in [7, 11) is 0. The standard InChI is InChI=1S/C26H25Cl2N3O2/c1-18-4-2-3-5-22(18)26(33)31-14-12-30(13-15-31)24-11-10-21(17-23(24)28)29-25(32)16-19-6-8-20(27)9-7-19/h2-11,17H,12-16H2,1H3,(H,29,32). The van der Waals surface area contributed by atoms with Gasteiger partial charge in [-0.3, -0.25) is 9.59 Å². The van der Waals surface area contributed by atoms with Gasteiger partial charge in [-0.15, -0.1) is 0 Å². The van der Waals surface area contributed by atoms with Crippen LogP contribution in [0, 0.1) is 6.92 Å². The second-order valence-corrected chi connectivity index (χ2v) is 8.96. The molecule has 0 atom stereocenters. The van der Waals surface area contributed by atoms with E-state index in [1.165, 1.54) is 0 Å². The van der Waals surface area contributed by atoms with E-state index < -0.39 is 0 Å². The van der Waals surface area contributed by atoms with Gasteiger partial charge in [0, 0.05) is 42.5 Å². The van der Waals surface area contributed by atoms with E-state index in [1.807, 2.05) is 60.4 Å². The lowest BCUT2D eigenvalue weighted by Crippen LogP contribution is -2.49. The molecule has 1 fully saturated rings. The number of anilines is 2. The molecule has 1 aliphatic rings. The molecule has 0 unspecified atom stereocenters. The van der Waals surface area contributed by atoms with Gasteiger partial charge in [-0.25, -0.2) is 0 Å². The third-order valence-corrected chi connectivity index (χ3v) is 6.35. The molecule has 1 saturated heterocycles. The second kappa shape index (κ2) is 10.3. The molecule has 1 N–H and O–H groups in total. The van der Waals surface area contributed by atoms with Gasteiger partial charge in [-0.2, -0.15) is 0 Å². The molecule has 2 amide bonds. The fourth-order valence-corrected chi connectivity index (χ4v) is 4.39. The highest BCUT2D eigenvalue weighted by Gasteiger charge is 2.24. The van der Waals surface area contributed by atoms with Gasteiger partial charge in [0.1, 0.15) is 0 Å². The number of hydrogen-bond donors (Lipinski definition) is 1. The molecule has 170 valence electrons. The Kier molecular flexibility index (Phi) is 7.21. The summed E-state index contributed by atoms with van der Waals surface area (Å²) >= 11 is 12.4. The number of amides is 2. The zero-order valence-corrected chi connectivity index (χ0v) is 19.9. The molecule has 5 nitrogen and oxygen atoms in total. The van der Waals surface area contributed by atoms with E-state index in [9.17, 15) is 9.59 Å². The number of hydrogen-bond acceptors (Lipinski definition) is 3. The summed E-state index contributed by atoms with van der Waals surface area (Å²) in [6.45, 7) is 4.60. The lowest BCUT2D eigenvalue weighted by molar-refractivity contribution is -0.115. The average molecular weight is 482 g/mol. The molecule has 1 aliphatic heterocycles. The SMILES string of the molecule is Cc1ccccc1C(=O)N1CCN(c2ccc(NC(=O)Cc3ccc(Cl)cc3)cc2Cl)CC1. The van der Waals surface area contributed by atoms with Crippen LogP contribution in [-0.4, -0.2) is 42.9 Å². The van der Waals surface area contributed by atoms with Crippen LogP contribution in [0.3, 0.4) is 0 Å². The molecule has 1 heterocycles. The highest BCUT2D eigenvalue weighted by Crippen LogP contribution is 2.30. The topological polar surface area (TPSA) is 52.7 Å². The van der Waals surface area contributed by atoms with E-state index in [4.69, 9.17) is 23.2 Å². The number of carbonyl (C=O) groups is 2. The Morgan fingerprint density at radius 1 is 0.909 bits per heavy atom. The third-order valence-electron chi connectivity index (χ3n) is 5.79. The molecule has 4 rings (SSSR count). The molecule has 0 bridgehead atoms. The number of nitrogens with zero attached hydrogens (tertiary/aromatic N) is 2. The van der Waals surface area contributed by atoms with Gasteiger partial charge >= 0.3 is 0 Å². The van der Waals surface area contributed by atoms with Crippen molar-refractivity contribution in [3.63, 3.8) is 0 Å². The minimum absolute atomic E-state index is 0.0672. The summed E-state index contributed by atoms with van der Waals surface area (Å²) in [5.41, 5.74) is 4.17. The molecule has 0 saturated carbocycles. The number of rotatable bonds is 5. The Morgan fingerprint density at radius 3 is 2.27 bits per heavy atom. The van der Waals surface area contributed by atoms with Crippen LogP contribution in [0.15, 0.2) is 66.7 Å². The Bertz CT molecular complexity index is 1160. The van der Waals surface area contributed by atoms with Crippen LogP contribution in [0.1, 0.15) is 21.5 Å². The normalized spacial score (nSPS) is 13.7. The van der Waals surface area contributed by atoms with Gasteiger partial charge in [0.15, 0.2) is 0 Å². The maximum atomic E-state index is 12.9. The number of nitrogens with one attached hydrogen (secondary N) is 1. The van der Waals surface area contributed by atoms with Crippen LogP contribution >= 0.6 is 23.2 Å². The minimum Gasteiger partial charge on any atom is -0.367 e. The van der Waals surface area contributed by atoms with Crippen molar-refractivity contribution in [2.75, 3.05) is 36.4 Å². The maximum absolute atomic E-state index is 12.9. The van der Waals surface area contributed by atoms with E-state index in [2.05, 4.69) is 10.2 Å². The van der Waals surface area contributed by atoms with Crippen molar-refractivity contribution < 1.29 is 9.59 Å². The Hall–Kier alpha value is -3.02. The number of aryl methyl sites for hydroxylation is 1. The van der Waals surface area contributed by atoms with Gasteiger partial charge in [0.25, 0.3) is 5.91 Å². The highest BCUT2D eigenvalue weighted by molar-refractivity contribution is 6.33. The zero-order chi connectivity index (χ0) is 23.4. The summed E-state index contributed by atoms with van der Waals surface area (Å²) < 4.78 is 0. The zero-order valence-electron chi connectivity index (χ0n) is 18.4. The minimum atomic E-state index is -0.121. The van der Waals surface area contributed by atoms with Crippen molar-refractivity contribution in [2.45, 2.75) is 13.3 Å². The molecule has 0 aromatic heterocycles. The molecular weight excluding hydrogens is 457 g/mol. The van der Waals surface area contributed by atoms with Crippen LogP contribution in [0.5, 0.6) is 0 Å². The van der Waals surface area contributed by atoms with Gasteiger partial charge < -0.3 is 15.1 Å². The molecule has 3 aromatic carbocycles. The fraction of sp³-hybridized carbons (Fsp3) is 0.231. The van der Waals surface area contributed by atoms with E-state index in [0.717, 1.165) is 22.4 Å². The average Bonchev–Trinajstić information content (AvgIpc) is 2.81. The van der Waals surface area contributed by atoms with Crippen LogP contribution in [0.4, 0.5) is 11.4 Å². The first kappa shape index (κ1) is 23.1. The first-order chi connectivity index (χ1) is 15.9. The van der Waals surface area contributed by atoms with Gasteiger partial charge in [-0.05, 0) is 54.4 Å². The predicted octanol–water partition coefficient (Wildman–Crippen LogP) is 5.45. The van der Waals surface area contributed by atoms with Crippen molar-refractivity contribution in [1.29, 1.82) is 0 Å². The lowest BCUT2D eigenvalue weighted by atomic mass is 10.1. The summed E-state index contributed by atoms with van der Waals surface area (Å²) in [5, 5.41) is 4.10. The Balaban J connectivity index is 1.35. The van der Waals surface area contributed by atoms with E-state index >= 15 is 0 Å². The quantitative estimate of drug-likeness (QED) is 0.527. The summed E-state index contributed by atoms with van der Waals surface area (Å²) in [5.74, 6) is -0.0536. The van der Waals surface area contributed by atoms with Crippen LogP contribution < -0.4 is 10.2 Å². The Labute approximate surface area is 203 Å². The van der Waals surface area contributed by atoms with Gasteiger partial charge in [0.2, 0.25) is 5.91 Å².